The fourth-order valence-electron chi connectivity index (χ4n) is 3.30. The summed E-state index contributed by atoms with van der Waals surface area (Å²) in [5.74, 6) is -0.184. The van der Waals surface area contributed by atoms with Crippen molar-refractivity contribution in [2.45, 2.75) is 37.5 Å². The van der Waals surface area contributed by atoms with Crippen LogP contribution in [0.2, 0.25) is 0 Å². The third-order valence-corrected chi connectivity index (χ3v) is 4.58. The Balaban J connectivity index is 1.51. The summed E-state index contributed by atoms with van der Waals surface area (Å²) in [4.78, 5) is 25.9. The molecule has 3 atom stereocenters. The molecule has 0 saturated carbocycles. The maximum absolute atomic E-state index is 12.3. The van der Waals surface area contributed by atoms with Gasteiger partial charge in [0.25, 0.3) is 0 Å². The predicted octanol–water partition coefficient (Wildman–Crippen LogP) is -0.406. The molecule has 3 rings (SSSR count). The number of piperidine rings is 1. The summed E-state index contributed by atoms with van der Waals surface area (Å²) >= 11 is 0. The zero-order valence-electron chi connectivity index (χ0n) is 12.8. The largest absolute Gasteiger partial charge is 0.375 e. The van der Waals surface area contributed by atoms with Gasteiger partial charge in [-0.3, -0.25) is 4.79 Å². The molecule has 0 aromatic rings. The molecular weight excluding hydrogens is 284 g/mol. The highest BCUT2D eigenvalue weighted by molar-refractivity contribution is 5.95. The molecule has 3 amide bonds. The number of hydrogen-bond acceptors (Lipinski definition) is 4. The fraction of sp³-hybridized carbons (Fsp3) is 0.733. The van der Waals surface area contributed by atoms with Gasteiger partial charge in [0.1, 0.15) is 0 Å². The zero-order valence-corrected chi connectivity index (χ0v) is 12.8. The highest BCUT2D eigenvalue weighted by Crippen LogP contribution is 2.26. The summed E-state index contributed by atoms with van der Waals surface area (Å²) in [5.41, 5.74) is 0.470. The first-order valence-electron chi connectivity index (χ1n) is 8.01. The van der Waals surface area contributed by atoms with Gasteiger partial charge in [-0.1, -0.05) is 6.58 Å². The number of nitrogens with zero attached hydrogens (tertiary/aromatic N) is 1. The molecule has 0 radical (unpaired) electrons. The molecule has 7 nitrogen and oxygen atoms in total. The van der Waals surface area contributed by atoms with Crippen LogP contribution in [0.4, 0.5) is 4.79 Å². The van der Waals surface area contributed by atoms with Gasteiger partial charge in [-0.15, -0.1) is 0 Å². The van der Waals surface area contributed by atoms with Gasteiger partial charge in [0, 0.05) is 37.9 Å². The smallest absolute Gasteiger partial charge is 0.318 e. The van der Waals surface area contributed by atoms with E-state index in [9.17, 15) is 9.59 Å². The van der Waals surface area contributed by atoms with Gasteiger partial charge in [0.15, 0.2) is 0 Å². The molecule has 0 aromatic carbocycles. The Hall–Kier alpha value is -1.60. The Bertz CT molecular complexity index is 460. The Morgan fingerprint density at radius 3 is 3.18 bits per heavy atom. The molecule has 3 N–H and O–H groups in total. The van der Waals surface area contributed by atoms with Crippen molar-refractivity contribution in [1.82, 2.24) is 20.9 Å². The lowest BCUT2D eigenvalue weighted by Crippen LogP contribution is -2.46. The number of carbonyl (C=O) groups excluding carboxylic acids is 2. The van der Waals surface area contributed by atoms with Crippen LogP contribution in [-0.2, 0) is 9.53 Å². The average molecular weight is 308 g/mol. The van der Waals surface area contributed by atoms with Gasteiger partial charge in [-0.25, -0.2) is 4.79 Å². The molecule has 3 heterocycles. The maximum atomic E-state index is 12.3. The van der Waals surface area contributed by atoms with Crippen molar-refractivity contribution >= 4 is 11.9 Å². The quantitative estimate of drug-likeness (QED) is 0.617. The lowest BCUT2D eigenvalue weighted by atomic mass is 9.95. The molecule has 22 heavy (non-hydrogen) atoms. The molecule has 3 saturated heterocycles. The lowest BCUT2D eigenvalue weighted by Gasteiger charge is -2.31. The third-order valence-electron chi connectivity index (χ3n) is 4.58. The first-order valence-corrected chi connectivity index (χ1v) is 8.01. The molecule has 2 bridgehead atoms. The number of rotatable bonds is 4. The van der Waals surface area contributed by atoms with Gasteiger partial charge in [-0.05, 0) is 25.8 Å². The number of urea groups is 1. The van der Waals surface area contributed by atoms with Crippen LogP contribution in [0.3, 0.4) is 0 Å². The summed E-state index contributed by atoms with van der Waals surface area (Å²) < 4.78 is 5.66. The molecule has 0 aromatic heterocycles. The first kappa shape index (κ1) is 15.3. The topological polar surface area (TPSA) is 82.7 Å². The van der Waals surface area contributed by atoms with Crippen molar-refractivity contribution in [2.75, 3.05) is 32.8 Å². The third kappa shape index (κ3) is 3.25. The molecule has 0 aliphatic carbocycles. The van der Waals surface area contributed by atoms with Gasteiger partial charge in [0.05, 0.1) is 12.1 Å². The monoisotopic (exact) mass is 308 g/mol. The average Bonchev–Trinajstić information content (AvgIpc) is 2.72. The number of nitrogens with one attached hydrogen (secondary N) is 3. The van der Waals surface area contributed by atoms with E-state index in [2.05, 4.69) is 22.5 Å². The van der Waals surface area contributed by atoms with E-state index in [0.717, 1.165) is 32.4 Å². The summed E-state index contributed by atoms with van der Waals surface area (Å²) in [6, 6.07) is -0.0465. The van der Waals surface area contributed by atoms with E-state index < -0.39 is 0 Å². The highest BCUT2D eigenvalue weighted by Gasteiger charge is 2.40. The zero-order chi connectivity index (χ0) is 15.5. The lowest BCUT2D eigenvalue weighted by molar-refractivity contribution is -0.118. The van der Waals surface area contributed by atoms with Crippen LogP contribution in [0.5, 0.6) is 0 Å². The Kier molecular flexibility index (Phi) is 4.63. The summed E-state index contributed by atoms with van der Waals surface area (Å²) in [6.07, 6.45) is 2.67. The standard InChI is InChI=1S/C15H24N4O3/c1-10(13-4-3-11-9-19(13)15(21)18-11)14(20)17-8-12-7-16-5-2-6-22-12/h11-13,16H,1-9H2,(H,17,20)(H,18,21)/t11?,12?,13-/m0/s1. The van der Waals surface area contributed by atoms with Crippen molar-refractivity contribution in [1.29, 1.82) is 0 Å². The molecule has 2 unspecified atom stereocenters. The minimum absolute atomic E-state index is 0.00919. The number of ether oxygens (including phenoxy) is 1. The molecule has 0 spiro atoms. The van der Waals surface area contributed by atoms with Crippen LogP contribution in [0.15, 0.2) is 12.2 Å². The van der Waals surface area contributed by atoms with Crippen LogP contribution in [0.25, 0.3) is 0 Å². The Labute approximate surface area is 130 Å². The normalized spacial score (nSPS) is 31.4. The van der Waals surface area contributed by atoms with Crippen LogP contribution >= 0.6 is 0 Å². The van der Waals surface area contributed by atoms with E-state index in [-0.39, 0.29) is 30.1 Å². The predicted molar refractivity (Wildman–Crippen MR) is 81.4 cm³/mol. The minimum Gasteiger partial charge on any atom is -0.375 e. The van der Waals surface area contributed by atoms with Crippen molar-refractivity contribution in [3.63, 3.8) is 0 Å². The van der Waals surface area contributed by atoms with Gasteiger partial charge < -0.3 is 25.6 Å². The van der Waals surface area contributed by atoms with E-state index in [1.54, 1.807) is 4.90 Å². The number of hydrogen-bond donors (Lipinski definition) is 3. The molecule has 7 heteroatoms. The van der Waals surface area contributed by atoms with Crippen molar-refractivity contribution in [3.05, 3.63) is 12.2 Å². The van der Waals surface area contributed by atoms with Crippen LogP contribution in [-0.4, -0.2) is 67.8 Å². The fourth-order valence-corrected chi connectivity index (χ4v) is 3.30. The van der Waals surface area contributed by atoms with E-state index in [1.165, 1.54) is 0 Å². The van der Waals surface area contributed by atoms with Crippen LogP contribution in [0, 0.1) is 0 Å². The molecule has 3 fully saturated rings. The minimum atomic E-state index is -0.188. The van der Waals surface area contributed by atoms with Crippen LogP contribution in [0.1, 0.15) is 19.3 Å². The number of carbonyl (C=O) groups is 2. The Morgan fingerprint density at radius 1 is 1.45 bits per heavy atom. The van der Waals surface area contributed by atoms with Gasteiger partial charge in [-0.2, -0.15) is 0 Å². The van der Waals surface area contributed by atoms with Gasteiger partial charge >= 0.3 is 6.03 Å². The van der Waals surface area contributed by atoms with Crippen molar-refractivity contribution in [3.8, 4) is 0 Å². The molecule has 3 aliphatic rings. The van der Waals surface area contributed by atoms with E-state index in [4.69, 9.17) is 4.74 Å². The molecule has 3 aliphatic heterocycles. The molecule has 122 valence electrons. The first-order chi connectivity index (χ1) is 10.6. The van der Waals surface area contributed by atoms with Crippen molar-refractivity contribution in [2.24, 2.45) is 0 Å². The number of fused-ring (bicyclic) bond motifs is 2. The Morgan fingerprint density at radius 2 is 2.32 bits per heavy atom. The molecular formula is C15H24N4O3. The second kappa shape index (κ2) is 6.66. The summed E-state index contributed by atoms with van der Waals surface area (Å²) in [6.45, 7) is 7.46. The SMILES string of the molecule is C=C(C(=O)NCC1CNCCCO1)[C@@H]1CCC2CN1C(=O)N2. The van der Waals surface area contributed by atoms with E-state index in [0.29, 0.717) is 25.3 Å². The van der Waals surface area contributed by atoms with Crippen LogP contribution < -0.4 is 16.0 Å². The maximum Gasteiger partial charge on any atom is 0.318 e. The number of amides is 3. The summed E-state index contributed by atoms with van der Waals surface area (Å²) in [5, 5.41) is 9.09. The van der Waals surface area contributed by atoms with E-state index >= 15 is 0 Å². The second-order valence-corrected chi connectivity index (χ2v) is 6.18. The van der Waals surface area contributed by atoms with Gasteiger partial charge in [0.2, 0.25) is 5.91 Å². The second-order valence-electron chi connectivity index (χ2n) is 6.18. The highest BCUT2D eigenvalue weighted by atomic mass is 16.5. The van der Waals surface area contributed by atoms with E-state index in [1.807, 2.05) is 0 Å². The summed E-state index contributed by atoms with van der Waals surface area (Å²) in [7, 11) is 0. The van der Waals surface area contributed by atoms with Crippen molar-refractivity contribution < 1.29 is 14.3 Å².